The van der Waals surface area contributed by atoms with E-state index in [1.165, 1.54) is 28.9 Å². The van der Waals surface area contributed by atoms with Crippen LogP contribution in [0.4, 0.5) is 0 Å². The third-order valence-electron chi connectivity index (χ3n) is 4.91. The van der Waals surface area contributed by atoms with Crippen LogP contribution in [0.3, 0.4) is 0 Å². The largest absolute Gasteiger partial charge is 0.298 e. The molecule has 5 heteroatoms. The number of hydrogen-bond donors (Lipinski definition) is 0. The highest BCUT2D eigenvalue weighted by molar-refractivity contribution is 7.15. The quantitative estimate of drug-likeness (QED) is 0.736. The summed E-state index contributed by atoms with van der Waals surface area (Å²) >= 11 is 1.80. The summed E-state index contributed by atoms with van der Waals surface area (Å²) in [4.78, 5) is 13.0. The predicted molar refractivity (Wildman–Crippen MR) is 93.9 cm³/mol. The topological polar surface area (TPSA) is 33.4 Å². The molecule has 1 aliphatic rings. The van der Waals surface area contributed by atoms with Gasteiger partial charge in [-0.15, -0.1) is 11.3 Å². The van der Waals surface area contributed by atoms with Gasteiger partial charge in [-0.2, -0.15) is 0 Å². The van der Waals surface area contributed by atoms with Crippen molar-refractivity contribution >= 4 is 16.2 Å². The van der Waals surface area contributed by atoms with E-state index in [4.69, 9.17) is 4.98 Å². The number of aryl methyl sites for hydroxylation is 1. The summed E-state index contributed by atoms with van der Waals surface area (Å²) in [6, 6.07) is 4.18. The molecule has 1 saturated heterocycles. The number of nitrogens with zero attached hydrogens (tertiary/aromatic N) is 4. The first-order valence-electron chi connectivity index (χ1n) is 8.20. The van der Waals surface area contributed by atoms with Crippen LogP contribution >= 0.6 is 11.3 Å². The van der Waals surface area contributed by atoms with Gasteiger partial charge in [-0.25, -0.2) is 4.98 Å². The normalized spacial score (nSPS) is 22.7. The predicted octanol–water partition coefficient (Wildman–Crippen LogP) is 3.65. The molecule has 23 heavy (non-hydrogen) atoms. The van der Waals surface area contributed by atoms with Gasteiger partial charge < -0.3 is 0 Å². The Kier molecular flexibility index (Phi) is 3.70. The molecule has 0 N–H and O–H groups in total. The van der Waals surface area contributed by atoms with E-state index in [9.17, 15) is 0 Å². The lowest BCUT2D eigenvalue weighted by Gasteiger charge is -2.39. The first-order chi connectivity index (χ1) is 11.2. The average Bonchev–Trinajstić information content (AvgIpc) is 3.13. The van der Waals surface area contributed by atoms with Crippen LogP contribution in [0.5, 0.6) is 0 Å². The van der Waals surface area contributed by atoms with Crippen molar-refractivity contribution in [1.82, 2.24) is 19.3 Å². The third kappa shape index (κ3) is 2.68. The number of aromatic nitrogens is 3. The Morgan fingerprint density at radius 1 is 1.39 bits per heavy atom. The van der Waals surface area contributed by atoms with E-state index in [2.05, 4.69) is 45.8 Å². The van der Waals surface area contributed by atoms with Gasteiger partial charge in [-0.1, -0.05) is 13.0 Å². The molecule has 3 aromatic rings. The van der Waals surface area contributed by atoms with Crippen LogP contribution in [-0.2, 0) is 12.0 Å². The number of imidazole rings is 1. The summed E-state index contributed by atoms with van der Waals surface area (Å²) in [7, 11) is 0. The van der Waals surface area contributed by atoms with Gasteiger partial charge in [0.1, 0.15) is 10.7 Å². The summed E-state index contributed by atoms with van der Waals surface area (Å²) < 4.78 is 2.23. The van der Waals surface area contributed by atoms with Crippen LogP contribution in [0.25, 0.3) is 4.83 Å². The summed E-state index contributed by atoms with van der Waals surface area (Å²) in [5.74, 6) is 1.10. The number of piperidine rings is 1. The van der Waals surface area contributed by atoms with E-state index in [0.29, 0.717) is 0 Å². The average molecular weight is 326 g/mol. The third-order valence-corrected chi connectivity index (χ3v) is 5.78. The monoisotopic (exact) mass is 326 g/mol. The molecular formula is C18H22N4S. The number of pyridine rings is 1. The minimum Gasteiger partial charge on any atom is -0.298 e. The zero-order valence-electron chi connectivity index (χ0n) is 13.7. The fraction of sp³-hybridized carbons (Fsp3) is 0.444. The summed E-state index contributed by atoms with van der Waals surface area (Å²) in [5, 5.41) is 2.16. The fourth-order valence-corrected chi connectivity index (χ4v) is 4.81. The van der Waals surface area contributed by atoms with E-state index >= 15 is 0 Å². The Morgan fingerprint density at radius 3 is 3.13 bits per heavy atom. The van der Waals surface area contributed by atoms with Gasteiger partial charge in [-0.3, -0.25) is 14.3 Å². The SMILES string of the molecule is Cc1nc([C@@]2(C)CCCN(Cc3cccnc3)C2)c2sccn12. The summed E-state index contributed by atoms with van der Waals surface area (Å²) in [6.45, 7) is 7.67. The molecule has 1 atom stereocenters. The Morgan fingerprint density at radius 2 is 2.30 bits per heavy atom. The smallest absolute Gasteiger partial charge is 0.123 e. The first-order valence-corrected chi connectivity index (χ1v) is 9.08. The molecule has 120 valence electrons. The molecule has 4 heterocycles. The maximum Gasteiger partial charge on any atom is 0.123 e. The fourth-order valence-electron chi connectivity index (χ4n) is 3.78. The maximum atomic E-state index is 4.92. The van der Waals surface area contributed by atoms with Crippen molar-refractivity contribution in [2.45, 2.75) is 38.6 Å². The Bertz CT molecular complexity index is 807. The van der Waals surface area contributed by atoms with Crippen LogP contribution in [0.15, 0.2) is 36.1 Å². The zero-order valence-corrected chi connectivity index (χ0v) is 14.5. The van der Waals surface area contributed by atoms with Crippen molar-refractivity contribution < 1.29 is 0 Å². The number of fused-ring (bicyclic) bond motifs is 1. The van der Waals surface area contributed by atoms with E-state index in [1.54, 1.807) is 11.3 Å². The van der Waals surface area contributed by atoms with Gasteiger partial charge in [0.05, 0.1) is 5.69 Å². The molecule has 1 fully saturated rings. The number of hydrogen-bond acceptors (Lipinski definition) is 4. The van der Waals surface area contributed by atoms with Crippen molar-refractivity contribution in [2.24, 2.45) is 0 Å². The van der Waals surface area contributed by atoms with Gasteiger partial charge in [0.25, 0.3) is 0 Å². The lowest BCUT2D eigenvalue weighted by atomic mass is 9.79. The van der Waals surface area contributed by atoms with E-state index < -0.39 is 0 Å². The highest BCUT2D eigenvalue weighted by atomic mass is 32.1. The molecular weight excluding hydrogens is 304 g/mol. The minimum atomic E-state index is 0.130. The van der Waals surface area contributed by atoms with Crippen molar-refractivity contribution in [3.8, 4) is 0 Å². The highest BCUT2D eigenvalue weighted by Crippen LogP contribution is 2.37. The van der Waals surface area contributed by atoms with Gasteiger partial charge in [0.15, 0.2) is 0 Å². The van der Waals surface area contributed by atoms with Crippen LogP contribution in [0, 0.1) is 6.92 Å². The molecule has 3 aromatic heterocycles. The van der Waals surface area contributed by atoms with Crippen molar-refractivity contribution in [2.75, 3.05) is 13.1 Å². The second-order valence-electron chi connectivity index (χ2n) is 6.82. The van der Waals surface area contributed by atoms with Gasteiger partial charge in [-0.05, 0) is 37.9 Å². The molecule has 0 aliphatic carbocycles. The standard InChI is InChI=1S/C18H22N4S/c1-14-20-16(17-22(14)9-10-23-17)18(2)6-4-8-21(13-18)12-15-5-3-7-19-11-15/h3,5,7,9-11H,4,6,8,12-13H2,1-2H3/t18-/m0/s1. The number of rotatable bonds is 3. The highest BCUT2D eigenvalue weighted by Gasteiger charge is 2.36. The Hall–Kier alpha value is -1.72. The maximum absolute atomic E-state index is 4.92. The van der Waals surface area contributed by atoms with Gasteiger partial charge >= 0.3 is 0 Å². The Labute approximate surface area is 140 Å². The van der Waals surface area contributed by atoms with E-state index in [0.717, 1.165) is 25.5 Å². The zero-order chi connectivity index (χ0) is 15.9. The van der Waals surface area contributed by atoms with Crippen LogP contribution in [-0.4, -0.2) is 32.4 Å². The number of thiazole rings is 1. The van der Waals surface area contributed by atoms with Crippen LogP contribution in [0.1, 0.15) is 36.8 Å². The van der Waals surface area contributed by atoms with Crippen molar-refractivity contribution in [1.29, 1.82) is 0 Å². The van der Waals surface area contributed by atoms with Gasteiger partial charge in [0.2, 0.25) is 0 Å². The molecule has 4 nitrogen and oxygen atoms in total. The van der Waals surface area contributed by atoms with E-state index in [-0.39, 0.29) is 5.41 Å². The molecule has 0 unspecified atom stereocenters. The molecule has 0 bridgehead atoms. The molecule has 1 aliphatic heterocycles. The minimum absolute atomic E-state index is 0.130. The van der Waals surface area contributed by atoms with Crippen molar-refractivity contribution in [3.05, 3.63) is 53.2 Å². The summed E-state index contributed by atoms with van der Waals surface area (Å²) in [5.41, 5.74) is 2.70. The molecule has 0 amide bonds. The number of likely N-dealkylation sites (tertiary alicyclic amines) is 1. The lowest BCUT2D eigenvalue weighted by molar-refractivity contribution is 0.148. The molecule has 4 rings (SSSR count). The Balaban J connectivity index is 1.61. The molecule has 0 spiro atoms. The van der Waals surface area contributed by atoms with Gasteiger partial charge in [0, 0.05) is 42.5 Å². The van der Waals surface area contributed by atoms with Crippen molar-refractivity contribution in [3.63, 3.8) is 0 Å². The van der Waals surface area contributed by atoms with Crippen LogP contribution < -0.4 is 0 Å². The van der Waals surface area contributed by atoms with Crippen LogP contribution in [0.2, 0.25) is 0 Å². The second kappa shape index (κ2) is 5.73. The molecule has 0 aromatic carbocycles. The lowest BCUT2D eigenvalue weighted by Crippen LogP contribution is -2.44. The summed E-state index contributed by atoms with van der Waals surface area (Å²) in [6.07, 6.45) is 8.38. The molecule has 0 saturated carbocycles. The van der Waals surface area contributed by atoms with E-state index in [1.807, 2.05) is 18.5 Å². The first kappa shape index (κ1) is 14.8. The molecule has 0 radical (unpaired) electrons. The second-order valence-corrected chi connectivity index (χ2v) is 7.72.